The van der Waals surface area contributed by atoms with Crippen LogP contribution in [-0.2, 0) is 19.1 Å². The molecule has 0 bridgehead atoms. The first-order chi connectivity index (χ1) is 10.0. The van der Waals surface area contributed by atoms with Crippen LogP contribution in [0.1, 0.15) is 6.42 Å². The Bertz CT molecular complexity index is 522. The van der Waals surface area contributed by atoms with Crippen molar-refractivity contribution in [3.63, 3.8) is 0 Å². The fourth-order valence-electron chi connectivity index (χ4n) is 0.928. The van der Waals surface area contributed by atoms with E-state index < -0.39 is 49.2 Å². The van der Waals surface area contributed by atoms with Crippen molar-refractivity contribution in [2.75, 3.05) is 6.61 Å². The number of alkyl halides is 5. The highest BCUT2D eigenvalue weighted by Gasteiger charge is 2.55. The van der Waals surface area contributed by atoms with Gasteiger partial charge in [-0.2, -0.15) is 22.0 Å². The molecule has 0 aromatic carbocycles. The van der Waals surface area contributed by atoms with E-state index in [1.807, 2.05) is 5.92 Å². The molecular formula is C13H9F5O4. The second kappa shape index (κ2) is 8.03. The molecular weight excluding hydrogens is 315 g/mol. The Morgan fingerprint density at radius 2 is 1.73 bits per heavy atom. The van der Waals surface area contributed by atoms with Crippen LogP contribution in [0.3, 0.4) is 0 Å². The molecule has 0 amide bonds. The molecule has 0 rings (SSSR count). The van der Waals surface area contributed by atoms with Crippen molar-refractivity contribution in [1.82, 2.24) is 0 Å². The molecule has 0 aromatic heterocycles. The lowest BCUT2D eigenvalue weighted by Crippen LogP contribution is -2.34. The quantitative estimate of drug-likeness (QED) is 0.255. The Morgan fingerprint density at radius 3 is 2.18 bits per heavy atom. The van der Waals surface area contributed by atoms with Crippen LogP contribution in [0, 0.1) is 24.7 Å². The van der Waals surface area contributed by atoms with E-state index >= 15 is 0 Å². The summed E-state index contributed by atoms with van der Waals surface area (Å²) in [5.74, 6) is -4.38. The Hall–Kier alpha value is -2.55. The first-order valence-corrected chi connectivity index (χ1v) is 5.44. The highest BCUT2D eigenvalue weighted by Crippen LogP contribution is 2.36. The summed E-state index contributed by atoms with van der Waals surface area (Å²) in [6.07, 6.45) is 1.68. The molecule has 0 aromatic rings. The fourth-order valence-corrected chi connectivity index (χ4v) is 0.928. The second-order valence-electron chi connectivity index (χ2n) is 3.60. The van der Waals surface area contributed by atoms with Crippen LogP contribution in [0.2, 0.25) is 0 Å². The van der Waals surface area contributed by atoms with Crippen molar-refractivity contribution >= 4 is 11.9 Å². The van der Waals surface area contributed by atoms with Gasteiger partial charge >= 0.3 is 24.0 Å². The Kier molecular flexibility index (Phi) is 7.10. The minimum Gasteiger partial charge on any atom is -0.444 e. The lowest BCUT2D eigenvalue weighted by atomic mass is 10.2. The molecule has 0 aliphatic carbocycles. The van der Waals surface area contributed by atoms with Crippen LogP contribution < -0.4 is 0 Å². The number of rotatable bonds is 5. The highest BCUT2D eigenvalue weighted by molar-refractivity contribution is 6.29. The van der Waals surface area contributed by atoms with Crippen LogP contribution in [0.25, 0.3) is 0 Å². The number of hydrogen-bond donors (Lipinski definition) is 0. The van der Waals surface area contributed by atoms with Gasteiger partial charge in [0.25, 0.3) is 0 Å². The van der Waals surface area contributed by atoms with E-state index in [1.54, 1.807) is 5.92 Å². The lowest BCUT2D eigenvalue weighted by Gasteiger charge is -2.15. The van der Waals surface area contributed by atoms with Gasteiger partial charge in [0.2, 0.25) is 0 Å². The minimum absolute atomic E-state index is 0.387. The Balaban J connectivity index is 4.59. The third-order valence-corrected chi connectivity index (χ3v) is 1.94. The largest absolute Gasteiger partial charge is 0.457 e. The molecule has 120 valence electrons. The standard InChI is InChI=1S/C13H9F5O4/c1-3-8-21-10(19)11(20)22-9(4-2)6-5-7-12(14,15)13(16,17)18/h1-2,5,7,9H,6,8H2/b7-5+. The number of ether oxygens (including phenoxy) is 2. The van der Waals surface area contributed by atoms with E-state index in [9.17, 15) is 31.5 Å². The summed E-state index contributed by atoms with van der Waals surface area (Å²) < 4.78 is 69.3. The van der Waals surface area contributed by atoms with Gasteiger partial charge < -0.3 is 9.47 Å². The van der Waals surface area contributed by atoms with Crippen molar-refractivity contribution in [2.45, 2.75) is 24.6 Å². The molecule has 0 saturated carbocycles. The number of esters is 2. The first kappa shape index (κ1) is 19.5. The van der Waals surface area contributed by atoms with Crippen LogP contribution in [0.4, 0.5) is 22.0 Å². The van der Waals surface area contributed by atoms with Crippen molar-refractivity contribution < 1.29 is 41.0 Å². The number of carbonyl (C=O) groups excluding carboxylic acids is 2. The van der Waals surface area contributed by atoms with Gasteiger partial charge in [-0.1, -0.05) is 17.9 Å². The molecule has 0 radical (unpaired) electrons. The van der Waals surface area contributed by atoms with Crippen LogP contribution in [0.5, 0.6) is 0 Å². The zero-order valence-electron chi connectivity index (χ0n) is 10.8. The topological polar surface area (TPSA) is 52.6 Å². The molecule has 9 heteroatoms. The number of terminal acetylenes is 2. The van der Waals surface area contributed by atoms with Gasteiger partial charge in [-0.25, -0.2) is 9.59 Å². The van der Waals surface area contributed by atoms with Crippen molar-refractivity contribution in [2.24, 2.45) is 0 Å². The van der Waals surface area contributed by atoms with Gasteiger partial charge in [-0.05, 0) is 6.08 Å². The summed E-state index contributed by atoms with van der Waals surface area (Å²) in [6, 6.07) is 0. The normalized spacial score (nSPS) is 13.0. The van der Waals surface area contributed by atoms with Crippen LogP contribution in [-0.4, -0.2) is 36.7 Å². The SMILES string of the molecule is C#CCOC(=O)C(=O)OC(C#C)C/C=C/C(F)(F)C(F)(F)F. The van der Waals surface area contributed by atoms with E-state index in [0.717, 1.165) is 0 Å². The van der Waals surface area contributed by atoms with E-state index in [0.29, 0.717) is 6.08 Å². The predicted molar refractivity (Wildman–Crippen MR) is 63.3 cm³/mol. The van der Waals surface area contributed by atoms with E-state index in [2.05, 4.69) is 9.47 Å². The smallest absolute Gasteiger partial charge is 0.444 e. The summed E-state index contributed by atoms with van der Waals surface area (Å²) in [4.78, 5) is 22.1. The molecule has 22 heavy (non-hydrogen) atoms. The maximum atomic E-state index is 12.6. The number of halogens is 5. The number of carbonyl (C=O) groups is 2. The monoisotopic (exact) mass is 324 g/mol. The van der Waals surface area contributed by atoms with Crippen molar-refractivity contribution in [3.05, 3.63) is 12.2 Å². The average Bonchev–Trinajstić information content (AvgIpc) is 2.41. The number of hydrogen-bond acceptors (Lipinski definition) is 4. The lowest BCUT2D eigenvalue weighted by molar-refractivity contribution is -0.259. The molecule has 1 unspecified atom stereocenters. The maximum absolute atomic E-state index is 12.6. The molecule has 0 saturated heterocycles. The molecule has 0 aliphatic rings. The second-order valence-corrected chi connectivity index (χ2v) is 3.60. The first-order valence-electron chi connectivity index (χ1n) is 5.44. The third-order valence-electron chi connectivity index (χ3n) is 1.94. The molecule has 0 spiro atoms. The van der Waals surface area contributed by atoms with E-state index in [-0.39, 0.29) is 0 Å². The summed E-state index contributed by atoms with van der Waals surface area (Å²) in [5, 5.41) is 0. The van der Waals surface area contributed by atoms with Gasteiger partial charge in [0.1, 0.15) is 0 Å². The summed E-state index contributed by atoms with van der Waals surface area (Å²) in [7, 11) is 0. The van der Waals surface area contributed by atoms with Crippen LogP contribution in [0.15, 0.2) is 12.2 Å². The van der Waals surface area contributed by atoms with E-state index in [1.165, 1.54) is 0 Å². The maximum Gasteiger partial charge on any atom is 0.457 e. The summed E-state index contributed by atoms with van der Waals surface area (Å²) in [6.45, 7) is -0.508. The zero-order valence-corrected chi connectivity index (χ0v) is 10.8. The molecule has 0 aliphatic heterocycles. The van der Waals surface area contributed by atoms with Gasteiger partial charge in [-0.3, -0.25) is 0 Å². The van der Waals surface area contributed by atoms with Crippen molar-refractivity contribution in [1.29, 1.82) is 0 Å². The van der Waals surface area contributed by atoms with Gasteiger partial charge in [0.15, 0.2) is 12.7 Å². The van der Waals surface area contributed by atoms with Gasteiger partial charge in [0.05, 0.1) is 0 Å². The minimum atomic E-state index is -5.76. The third kappa shape index (κ3) is 6.27. The van der Waals surface area contributed by atoms with Gasteiger partial charge in [-0.15, -0.1) is 12.8 Å². The average molecular weight is 324 g/mol. The number of allylic oxidation sites excluding steroid dienone is 1. The summed E-state index contributed by atoms with van der Waals surface area (Å²) >= 11 is 0. The Morgan fingerprint density at radius 1 is 1.14 bits per heavy atom. The summed E-state index contributed by atoms with van der Waals surface area (Å²) in [5.41, 5.74) is 0. The predicted octanol–water partition coefficient (Wildman–Crippen LogP) is 1.85. The van der Waals surface area contributed by atoms with E-state index in [4.69, 9.17) is 12.8 Å². The van der Waals surface area contributed by atoms with Crippen molar-refractivity contribution in [3.8, 4) is 24.7 Å². The molecule has 0 N–H and O–H groups in total. The molecule has 4 nitrogen and oxygen atoms in total. The van der Waals surface area contributed by atoms with Crippen LogP contribution >= 0.6 is 0 Å². The molecule has 1 atom stereocenters. The van der Waals surface area contributed by atoms with Gasteiger partial charge in [0, 0.05) is 6.42 Å². The molecule has 0 heterocycles. The fraction of sp³-hybridized carbons (Fsp3) is 0.385. The zero-order chi connectivity index (χ0) is 17.4. The Labute approximate surface area is 122 Å². The molecule has 0 fully saturated rings. The highest BCUT2D eigenvalue weighted by atomic mass is 19.4.